The molecule has 2 heterocycles. The minimum Gasteiger partial charge on any atom is -0.493 e. The molecule has 0 aliphatic carbocycles. The maximum absolute atomic E-state index is 12.9. The van der Waals surface area contributed by atoms with E-state index in [1.54, 1.807) is 23.2 Å². The Morgan fingerprint density at radius 3 is 2.24 bits per heavy atom. The topological polar surface area (TPSA) is 119 Å². The van der Waals surface area contributed by atoms with Gasteiger partial charge in [0.2, 0.25) is 0 Å². The van der Waals surface area contributed by atoms with E-state index in [1.807, 2.05) is 0 Å². The van der Waals surface area contributed by atoms with Gasteiger partial charge in [-0.25, -0.2) is 21.8 Å². The standard InChI is InChI=1S/C18H26N2O7S2/c1-26-17-4-3-13(9-18(17)27-2)16(21)10-20(15-6-8-29(24,25)12-15)19-14-5-7-28(22,23)11-14/h3-4,9,14-15,19H,5-8,10-12H2,1-2H3/t14-,15-/m1/s1. The number of ether oxygens (including phenoxy) is 2. The molecule has 3 rings (SSSR count). The lowest BCUT2D eigenvalue weighted by atomic mass is 10.1. The maximum atomic E-state index is 12.9. The van der Waals surface area contributed by atoms with Crippen LogP contribution in [0.15, 0.2) is 18.2 Å². The average Bonchev–Trinajstić information content (AvgIpc) is 3.21. The van der Waals surface area contributed by atoms with Crippen LogP contribution in [0.2, 0.25) is 0 Å². The van der Waals surface area contributed by atoms with E-state index in [0.29, 0.717) is 29.9 Å². The molecule has 1 aromatic carbocycles. The van der Waals surface area contributed by atoms with Crippen LogP contribution in [0, 0.1) is 0 Å². The summed E-state index contributed by atoms with van der Waals surface area (Å²) < 4.78 is 57.8. The number of benzene rings is 1. The highest BCUT2D eigenvalue weighted by Gasteiger charge is 2.36. The highest BCUT2D eigenvalue weighted by molar-refractivity contribution is 7.91. The minimum atomic E-state index is -3.16. The molecule has 2 aliphatic heterocycles. The summed E-state index contributed by atoms with van der Waals surface area (Å²) in [5.41, 5.74) is 3.51. The Bertz CT molecular complexity index is 976. The molecular weight excluding hydrogens is 420 g/mol. The van der Waals surface area contributed by atoms with E-state index in [1.165, 1.54) is 14.2 Å². The fourth-order valence-electron chi connectivity index (χ4n) is 3.69. The Balaban J connectivity index is 1.78. The molecule has 2 fully saturated rings. The van der Waals surface area contributed by atoms with E-state index in [2.05, 4.69) is 5.43 Å². The number of hydrogen-bond acceptors (Lipinski definition) is 9. The van der Waals surface area contributed by atoms with E-state index in [9.17, 15) is 21.6 Å². The van der Waals surface area contributed by atoms with Crippen molar-refractivity contribution in [2.75, 3.05) is 43.8 Å². The van der Waals surface area contributed by atoms with Crippen molar-refractivity contribution in [3.05, 3.63) is 23.8 Å². The third-order valence-corrected chi connectivity index (χ3v) is 8.77. The summed E-state index contributed by atoms with van der Waals surface area (Å²) in [5, 5.41) is 1.61. The summed E-state index contributed by atoms with van der Waals surface area (Å²) in [4.78, 5) is 12.9. The van der Waals surface area contributed by atoms with Crippen molar-refractivity contribution in [1.82, 2.24) is 10.4 Å². The van der Waals surface area contributed by atoms with Gasteiger partial charge in [-0.1, -0.05) is 0 Å². The molecule has 0 radical (unpaired) electrons. The third-order valence-electron chi connectivity index (χ3n) is 5.25. The van der Waals surface area contributed by atoms with Gasteiger partial charge in [0, 0.05) is 17.6 Å². The average molecular weight is 447 g/mol. The van der Waals surface area contributed by atoms with Gasteiger partial charge in [-0.05, 0) is 31.0 Å². The van der Waals surface area contributed by atoms with Crippen molar-refractivity contribution >= 4 is 25.5 Å². The zero-order valence-corrected chi connectivity index (χ0v) is 18.1. The lowest BCUT2D eigenvalue weighted by Crippen LogP contribution is -2.53. The smallest absolute Gasteiger partial charge is 0.178 e. The molecule has 162 valence electrons. The summed E-state index contributed by atoms with van der Waals surface area (Å²) in [6.07, 6.45) is 0.830. The molecular formula is C18H26N2O7S2. The third kappa shape index (κ3) is 5.47. The summed E-state index contributed by atoms with van der Waals surface area (Å²) in [6.45, 7) is -0.0772. The second-order valence-electron chi connectivity index (χ2n) is 7.41. The number of Topliss-reactive ketones (excluding diaryl/α,β-unsaturated/α-hetero) is 1. The number of nitrogens with one attached hydrogen (secondary N) is 1. The van der Waals surface area contributed by atoms with Crippen LogP contribution in [0.25, 0.3) is 0 Å². The molecule has 0 saturated carbocycles. The van der Waals surface area contributed by atoms with Crippen molar-refractivity contribution < 1.29 is 31.1 Å². The first-order chi connectivity index (χ1) is 13.6. The molecule has 0 aromatic heterocycles. The predicted molar refractivity (Wildman–Crippen MR) is 108 cm³/mol. The largest absolute Gasteiger partial charge is 0.493 e. The molecule has 0 spiro atoms. The van der Waals surface area contributed by atoms with Gasteiger partial charge in [0.25, 0.3) is 0 Å². The SMILES string of the molecule is COc1ccc(C(=O)CN(N[C@@H]2CCS(=O)(=O)C2)[C@@H]2CCS(=O)(=O)C2)cc1OC. The first-order valence-corrected chi connectivity index (χ1v) is 13.0. The Hall–Kier alpha value is -1.69. The number of carbonyl (C=O) groups is 1. The maximum Gasteiger partial charge on any atom is 0.178 e. The van der Waals surface area contributed by atoms with Crippen LogP contribution in [0.1, 0.15) is 23.2 Å². The number of rotatable bonds is 8. The first kappa shape index (κ1) is 22.0. The van der Waals surface area contributed by atoms with Crippen molar-refractivity contribution in [3.8, 4) is 11.5 Å². The second kappa shape index (κ2) is 8.58. The van der Waals surface area contributed by atoms with Gasteiger partial charge in [0.05, 0.1) is 43.8 Å². The zero-order chi connectivity index (χ0) is 21.2. The van der Waals surface area contributed by atoms with E-state index < -0.39 is 19.7 Å². The second-order valence-corrected chi connectivity index (χ2v) is 11.9. The van der Waals surface area contributed by atoms with Crippen molar-refractivity contribution in [2.24, 2.45) is 0 Å². The monoisotopic (exact) mass is 446 g/mol. The van der Waals surface area contributed by atoms with E-state index >= 15 is 0 Å². The Morgan fingerprint density at radius 2 is 1.69 bits per heavy atom. The van der Waals surface area contributed by atoms with Gasteiger partial charge in [-0.3, -0.25) is 10.2 Å². The molecule has 2 saturated heterocycles. The van der Waals surface area contributed by atoms with Crippen LogP contribution in [0.3, 0.4) is 0 Å². The van der Waals surface area contributed by atoms with Crippen LogP contribution >= 0.6 is 0 Å². The van der Waals surface area contributed by atoms with Gasteiger partial charge < -0.3 is 9.47 Å². The number of hydrazine groups is 1. The highest BCUT2D eigenvalue weighted by Crippen LogP contribution is 2.28. The molecule has 29 heavy (non-hydrogen) atoms. The van der Waals surface area contributed by atoms with E-state index in [0.717, 1.165) is 0 Å². The van der Waals surface area contributed by atoms with Crippen molar-refractivity contribution in [3.63, 3.8) is 0 Å². The fourth-order valence-corrected chi connectivity index (χ4v) is 7.08. The number of sulfone groups is 2. The quantitative estimate of drug-likeness (QED) is 0.437. The van der Waals surface area contributed by atoms with Crippen LogP contribution in [-0.4, -0.2) is 83.5 Å². The molecule has 9 nitrogen and oxygen atoms in total. The van der Waals surface area contributed by atoms with Gasteiger partial charge in [-0.2, -0.15) is 0 Å². The van der Waals surface area contributed by atoms with E-state index in [-0.39, 0.29) is 47.4 Å². The number of methoxy groups -OCH3 is 2. The van der Waals surface area contributed by atoms with Crippen LogP contribution in [0.5, 0.6) is 11.5 Å². The van der Waals surface area contributed by atoms with Crippen LogP contribution < -0.4 is 14.9 Å². The molecule has 2 aliphatic rings. The molecule has 11 heteroatoms. The summed E-state index contributed by atoms with van der Waals surface area (Å²) >= 11 is 0. The predicted octanol–water partition coefficient (Wildman–Crippen LogP) is 0.0673. The van der Waals surface area contributed by atoms with Gasteiger partial charge in [0.15, 0.2) is 37.0 Å². The Kier molecular flexibility index (Phi) is 6.51. The highest BCUT2D eigenvalue weighted by atomic mass is 32.2. The molecule has 1 N–H and O–H groups in total. The van der Waals surface area contributed by atoms with Gasteiger partial charge in [0.1, 0.15) is 0 Å². The first-order valence-electron chi connectivity index (χ1n) is 9.31. The zero-order valence-electron chi connectivity index (χ0n) is 16.5. The van der Waals surface area contributed by atoms with Gasteiger partial charge in [-0.15, -0.1) is 0 Å². The lowest BCUT2D eigenvalue weighted by molar-refractivity contribution is 0.0768. The number of hydrogen-bond donors (Lipinski definition) is 1. The lowest BCUT2D eigenvalue weighted by Gasteiger charge is -2.30. The van der Waals surface area contributed by atoms with Crippen LogP contribution in [-0.2, 0) is 19.7 Å². The molecule has 0 unspecified atom stereocenters. The molecule has 2 atom stereocenters. The molecule has 0 bridgehead atoms. The Labute approximate surface area is 171 Å². The molecule has 0 amide bonds. The van der Waals surface area contributed by atoms with Crippen molar-refractivity contribution in [1.29, 1.82) is 0 Å². The van der Waals surface area contributed by atoms with Crippen molar-refractivity contribution in [2.45, 2.75) is 24.9 Å². The summed E-state index contributed by atoms with van der Waals surface area (Å²) in [7, 11) is -3.30. The number of carbonyl (C=O) groups excluding carboxylic acids is 1. The molecule has 1 aromatic rings. The fraction of sp³-hybridized carbons (Fsp3) is 0.611. The van der Waals surface area contributed by atoms with E-state index in [4.69, 9.17) is 9.47 Å². The minimum absolute atomic E-state index is 0.0203. The summed E-state index contributed by atoms with van der Waals surface area (Å²) in [6, 6.07) is 4.11. The normalized spacial score (nSPS) is 25.2. The number of ketones is 1. The number of nitrogens with zero attached hydrogens (tertiary/aromatic N) is 1. The Morgan fingerprint density at radius 1 is 1.03 bits per heavy atom. The summed E-state index contributed by atoms with van der Waals surface area (Å²) in [5.74, 6) is 0.754. The van der Waals surface area contributed by atoms with Gasteiger partial charge >= 0.3 is 0 Å². The van der Waals surface area contributed by atoms with Crippen LogP contribution in [0.4, 0.5) is 0 Å².